The van der Waals surface area contributed by atoms with Crippen LogP contribution in [-0.4, -0.2) is 82.6 Å². The van der Waals surface area contributed by atoms with Gasteiger partial charge in [-0.15, -0.1) is 0 Å². The monoisotopic (exact) mass is 705 g/mol. The number of fused-ring (bicyclic) bond motifs is 2. The summed E-state index contributed by atoms with van der Waals surface area (Å²) in [7, 11) is 0. The van der Waals surface area contributed by atoms with Gasteiger partial charge in [-0.1, -0.05) is 88.7 Å². The van der Waals surface area contributed by atoms with Crippen LogP contribution in [0, 0.1) is 11.8 Å². The average Bonchev–Trinajstić information content (AvgIpc) is 3.67. The Morgan fingerprint density at radius 3 is 2.43 bits per heavy atom. The zero-order chi connectivity index (χ0) is 33.0. The maximum Gasteiger partial charge on any atom is 0.313 e. The van der Waals surface area contributed by atoms with Crippen LogP contribution in [0.2, 0.25) is 0 Å². The molecule has 11 heteroatoms. The number of hydrogen-bond donors (Lipinski definition) is 2. The summed E-state index contributed by atoms with van der Waals surface area (Å²) in [4.78, 5) is 59.5. The molecule has 2 aromatic rings. The molecule has 0 aromatic heterocycles. The topological polar surface area (TPSA) is 125 Å². The van der Waals surface area contributed by atoms with Crippen LogP contribution < -0.4 is 5.32 Å². The van der Waals surface area contributed by atoms with Crippen LogP contribution in [0.1, 0.15) is 49.3 Å². The molecular weight excluding hydrogens is 666 g/mol. The first-order valence-corrected chi connectivity index (χ1v) is 17.1. The number of nitrogens with one attached hydrogen (secondary N) is 1. The zero-order valence-electron chi connectivity index (χ0n) is 26.1. The molecule has 4 heterocycles. The van der Waals surface area contributed by atoms with E-state index in [1.165, 1.54) is 0 Å². The van der Waals surface area contributed by atoms with Crippen LogP contribution in [0.5, 0.6) is 0 Å². The van der Waals surface area contributed by atoms with Gasteiger partial charge in [0, 0.05) is 37.1 Å². The molecule has 2 saturated heterocycles. The second-order valence-electron chi connectivity index (χ2n) is 12.5. The fourth-order valence-corrected chi connectivity index (χ4v) is 7.96. The Labute approximate surface area is 282 Å². The largest absolute Gasteiger partial charge is 0.455 e. The summed E-state index contributed by atoms with van der Waals surface area (Å²) in [5.41, 5.74) is 0.260. The first kappa shape index (κ1) is 33.1. The number of esters is 1. The number of rotatable bonds is 8. The first-order valence-electron chi connectivity index (χ1n) is 16.3. The van der Waals surface area contributed by atoms with Crippen molar-refractivity contribution >= 4 is 39.6 Å². The van der Waals surface area contributed by atoms with E-state index in [1.807, 2.05) is 72.8 Å². The van der Waals surface area contributed by atoms with E-state index in [2.05, 4.69) is 21.2 Å². The van der Waals surface area contributed by atoms with E-state index < -0.39 is 41.7 Å². The summed E-state index contributed by atoms with van der Waals surface area (Å²) in [6, 6.07) is 17.8. The molecule has 4 aliphatic heterocycles. The van der Waals surface area contributed by atoms with Gasteiger partial charge in [-0.2, -0.15) is 0 Å². The van der Waals surface area contributed by atoms with Crippen molar-refractivity contribution in [1.82, 2.24) is 15.1 Å². The summed E-state index contributed by atoms with van der Waals surface area (Å²) in [6.45, 7) is 0.946. The maximum absolute atomic E-state index is 14.8. The maximum atomic E-state index is 14.8. The smallest absolute Gasteiger partial charge is 0.313 e. The third-order valence-corrected chi connectivity index (χ3v) is 10.1. The van der Waals surface area contributed by atoms with Gasteiger partial charge in [-0.3, -0.25) is 19.2 Å². The zero-order valence-corrected chi connectivity index (χ0v) is 27.7. The molecule has 248 valence electrons. The normalized spacial score (nSPS) is 30.2. The van der Waals surface area contributed by atoms with E-state index in [1.54, 1.807) is 15.9 Å². The molecule has 6 rings (SSSR count). The number of cyclic esters (lactones) is 1. The summed E-state index contributed by atoms with van der Waals surface area (Å²) in [5, 5.41) is 12.3. The van der Waals surface area contributed by atoms with Crippen molar-refractivity contribution in [1.29, 1.82) is 0 Å². The van der Waals surface area contributed by atoms with Gasteiger partial charge in [-0.05, 0) is 42.9 Å². The van der Waals surface area contributed by atoms with Gasteiger partial charge in [0.05, 0.1) is 12.5 Å². The summed E-state index contributed by atoms with van der Waals surface area (Å²) >= 11 is 3.60. The number of unbranched alkanes of at least 4 members (excludes halogenated alkanes) is 2. The van der Waals surface area contributed by atoms with Crippen LogP contribution in [-0.2, 0) is 35.2 Å². The van der Waals surface area contributed by atoms with E-state index >= 15 is 0 Å². The number of benzene rings is 2. The van der Waals surface area contributed by atoms with Gasteiger partial charge in [0.2, 0.25) is 17.7 Å². The molecule has 10 nitrogen and oxygen atoms in total. The second-order valence-corrected chi connectivity index (χ2v) is 13.4. The number of carbonyl (C=O) groups is 4. The highest BCUT2D eigenvalue weighted by Gasteiger charge is 2.74. The highest BCUT2D eigenvalue weighted by Crippen LogP contribution is 2.59. The lowest BCUT2D eigenvalue weighted by molar-refractivity contribution is -0.159. The van der Waals surface area contributed by atoms with Crippen molar-refractivity contribution in [3.8, 4) is 0 Å². The lowest BCUT2D eigenvalue weighted by Gasteiger charge is -2.36. The number of nitrogens with zero attached hydrogens (tertiary/aromatic N) is 2. The van der Waals surface area contributed by atoms with Crippen molar-refractivity contribution in [2.24, 2.45) is 11.8 Å². The van der Waals surface area contributed by atoms with E-state index in [0.717, 1.165) is 5.56 Å². The molecule has 47 heavy (non-hydrogen) atoms. The first-order chi connectivity index (χ1) is 22.8. The molecule has 2 fully saturated rings. The molecule has 5 bridgehead atoms. The van der Waals surface area contributed by atoms with Crippen LogP contribution >= 0.6 is 15.9 Å². The average molecular weight is 707 g/mol. The van der Waals surface area contributed by atoms with Gasteiger partial charge in [-0.25, -0.2) is 0 Å². The molecule has 0 saturated carbocycles. The summed E-state index contributed by atoms with van der Waals surface area (Å²) < 4.78 is 13.3. The molecule has 2 aromatic carbocycles. The number of carbonyl (C=O) groups excluding carboxylic acids is 4. The molecule has 0 radical (unpaired) electrons. The Hall–Kier alpha value is -3.80. The molecule has 0 aliphatic carbocycles. The van der Waals surface area contributed by atoms with Gasteiger partial charge in [0.15, 0.2) is 0 Å². The Morgan fingerprint density at radius 1 is 0.936 bits per heavy atom. The Kier molecular flexibility index (Phi) is 10.2. The fraction of sp³-hybridized carbons (Fsp3) is 0.444. The minimum atomic E-state index is -1.37. The standard InChI is InChI=1S/C36H40BrN3O7/c37-26-21-36-30-29(31(26)47-36)35(45)46-27(25-15-7-2-8-16-25)22-38-28(42)17-9-3-10-18-39(23-24-13-5-1-6-14-24)34(44)32(36)40(33(30)43)19-11-4-12-20-41/h1-3,5-8,10,13-16,21,27,29-32,41H,4,9,11-12,17-20,22-23H2,(H,38,42)/b10-3-/t27-,29-,30+,31-,32-,36+/m0/s1. The molecular formula is C36H40BrN3O7. The van der Waals surface area contributed by atoms with Gasteiger partial charge < -0.3 is 29.7 Å². The number of aliphatic hydroxyl groups excluding tert-OH is 1. The van der Waals surface area contributed by atoms with E-state index in [4.69, 9.17) is 9.47 Å². The quantitative estimate of drug-likeness (QED) is 0.243. The number of hydrogen-bond acceptors (Lipinski definition) is 7. The third-order valence-electron chi connectivity index (χ3n) is 9.46. The Bertz CT molecular complexity index is 1530. The molecule has 1 spiro atoms. The second kappa shape index (κ2) is 14.5. The predicted molar refractivity (Wildman–Crippen MR) is 177 cm³/mol. The van der Waals surface area contributed by atoms with E-state index in [9.17, 15) is 24.3 Å². The number of ether oxygens (including phenoxy) is 2. The van der Waals surface area contributed by atoms with Crippen LogP contribution in [0.4, 0.5) is 0 Å². The highest BCUT2D eigenvalue weighted by atomic mass is 79.9. The van der Waals surface area contributed by atoms with Gasteiger partial charge in [0.1, 0.15) is 29.8 Å². The predicted octanol–water partition coefficient (Wildman–Crippen LogP) is 3.80. The van der Waals surface area contributed by atoms with E-state index in [0.29, 0.717) is 42.3 Å². The summed E-state index contributed by atoms with van der Waals surface area (Å²) in [5.74, 6) is -3.39. The minimum absolute atomic E-state index is 0.0392. The van der Waals surface area contributed by atoms with Gasteiger partial charge in [0.25, 0.3) is 0 Å². The lowest BCUT2D eigenvalue weighted by Crippen LogP contribution is -2.55. The van der Waals surface area contributed by atoms with Crippen molar-refractivity contribution in [3.63, 3.8) is 0 Å². The molecule has 4 aliphatic rings. The highest BCUT2D eigenvalue weighted by molar-refractivity contribution is 9.11. The molecule has 0 unspecified atom stereocenters. The van der Waals surface area contributed by atoms with Crippen molar-refractivity contribution < 1.29 is 33.8 Å². The van der Waals surface area contributed by atoms with Crippen LogP contribution in [0.15, 0.2) is 83.4 Å². The number of amides is 3. The minimum Gasteiger partial charge on any atom is -0.455 e. The Balaban J connectivity index is 1.41. The van der Waals surface area contributed by atoms with Crippen molar-refractivity contribution in [2.75, 3.05) is 26.2 Å². The number of likely N-dealkylation sites (tertiary alicyclic amines) is 1. The Morgan fingerprint density at radius 2 is 1.68 bits per heavy atom. The summed E-state index contributed by atoms with van der Waals surface area (Å²) in [6.07, 6.45) is 6.51. The number of halogens is 1. The van der Waals surface area contributed by atoms with Crippen molar-refractivity contribution in [2.45, 2.75) is 62.5 Å². The van der Waals surface area contributed by atoms with Crippen LogP contribution in [0.3, 0.4) is 0 Å². The lowest BCUT2D eigenvalue weighted by atomic mass is 9.74. The fourth-order valence-electron chi connectivity index (χ4n) is 7.23. The van der Waals surface area contributed by atoms with Crippen LogP contribution in [0.25, 0.3) is 0 Å². The molecule has 2 N–H and O–H groups in total. The number of allylic oxidation sites excluding steroid dienone is 1. The third kappa shape index (κ3) is 6.66. The van der Waals surface area contributed by atoms with Crippen molar-refractivity contribution in [3.05, 3.63) is 94.5 Å². The molecule has 3 amide bonds. The SMILES string of the molecule is O=C1CC/C=C\CN(Cc2ccccc2)C(=O)[C@@H]2N(CCCCCO)C(=O)[C@H]3[C@H](C(=O)O[C@H](c4ccccc4)CN1)[C@H]1O[C@@]23C=C1Br. The molecule has 6 atom stereocenters. The number of aliphatic hydroxyl groups is 1. The van der Waals surface area contributed by atoms with E-state index in [-0.39, 0.29) is 50.4 Å². The van der Waals surface area contributed by atoms with Gasteiger partial charge >= 0.3 is 5.97 Å².